The molecule has 0 saturated carbocycles. The van der Waals surface area contributed by atoms with E-state index in [1.54, 1.807) is 0 Å². The zero-order chi connectivity index (χ0) is 10.3. The van der Waals surface area contributed by atoms with Crippen LogP contribution in [0.1, 0.15) is 48.0 Å². The van der Waals surface area contributed by atoms with Crippen LogP contribution in [0, 0.1) is 16.9 Å². The third kappa shape index (κ3) is 5.52. The number of rotatable bonds is 0. The maximum atomic E-state index is 3.48. The minimum absolute atomic E-state index is 0. The molecule has 0 spiro atoms. The van der Waals surface area contributed by atoms with E-state index >= 15 is 0 Å². The third-order valence-corrected chi connectivity index (χ3v) is 2.41. The Morgan fingerprint density at radius 3 is 1.62 bits per heavy atom. The van der Waals surface area contributed by atoms with Crippen molar-refractivity contribution in [1.29, 1.82) is 0 Å². The van der Waals surface area contributed by atoms with Gasteiger partial charge in [0.05, 0.1) is 0 Å². The maximum absolute atomic E-state index is 3.48. The van der Waals surface area contributed by atoms with E-state index in [2.05, 4.69) is 53.7 Å². The molecule has 0 heterocycles. The number of allylic oxidation sites excluding steroid dienone is 4. The van der Waals surface area contributed by atoms with Crippen LogP contribution >= 0.6 is 0 Å². The summed E-state index contributed by atoms with van der Waals surface area (Å²) in [4.78, 5) is 0. The second-order valence-corrected chi connectivity index (χ2v) is 5.87. The first kappa shape index (κ1) is 22.2. The molecule has 1 aliphatic rings. The summed E-state index contributed by atoms with van der Waals surface area (Å²) >= 11 is 0. The van der Waals surface area contributed by atoms with Gasteiger partial charge >= 0.3 is 26.2 Å². The predicted octanol–water partition coefficient (Wildman–Crippen LogP) is -1.86. The molecule has 0 aromatic carbocycles. The minimum atomic E-state index is 0. The molecule has 0 bridgehead atoms. The largest absolute Gasteiger partial charge is 3.00 e. The van der Waals surface area contributed by atoms with E-state index in [9.17, 15) is 0 Å². The molecule has 1 aliphatic carbocycles. The van der Waals surface area contributed by atoms with Gasteiger partial charge in [0.1, 0.15) is 0 Å². The van der Waals surface area contributed by atoms with Crippen molar-refractivity contribution in [3.05, 3.63) is 23.3 Å². The van der Waals surface area contributed by atoms with E-state index in [4.69, 9.17) is 0 Å². The van der Waals surface area contributed by atoms with Gasteiger partial charge < -0.3 is 24.8 Å². The van der Waals surface area contributed by atoms with Crippen LogP contribution in [0.15, 0.2) is 17.2 Å². The summed E-state index contributed by atoms with van der Waals surface area (Å²) in [5.74, 6) is 0. The Bertz CT molecular complexity index is 237. The molecule has 0 N–H and O–H groups in total. The molecular formula is C13H21Cl2Zr. The van der Waals surface area contributed by atoms with Crippen LogP contribution in [0.3, 0.4) is 0 Å². The van der Waals surface area contributed by atoms with Crippen LogP contribution < -0.4 is 24.8 Å². The van der Waals surface area contributed by atoms with E-state index in [-0.39, 0.29) is 61.8 Å². The van der Waals surface area contributed by atoms with Gasteiger partial charge in [-0.2, -0.15) is 11.6 Å². The van der Waals surface area contributed by atoms with Gasteiger partial charge in [-0.15, -0.1) is 6.42 Å². The van der Waals surface area contributed by atoms with Crippen molar-refractivity contribution >= 4 is 0 Å². The van der Waals surface area contributed by atoms with Gasteiger partial charge in [0.15, 0.2) is 0 Å². The predicted molar refractivity (Wildman–Crippen MR) is 58.4 cm³/mol. The van der Waals surface area contributed by atoms with Crippen LogP contribution in [0.2, 0.25) is 0 Å². The zero-order valence-electron chi connectivity index (χ0n) is 11.0. The molecule has 0 nitrogen and oxygen atoms in total. The van der Waals surface area contributed by atoms with E-state index in [0.717, 1.165) is 6.42 Å². The third-order valence-electron chi connectivity index (χ3n) is 2.41. The first-order chi connectivity index (χ1) is 5.73. The molecule has 91 valence electrons. The summed E-state index contributed by atoms with van der Waals surface area (Å²) in [6, 6.07) is 0. The Kier molecular flexibility index (Phi) is 10.2. The van der Waals surface area contributed by atoms with Crippen molar-refractivity contribution in [2.45, 2.75) is 48.0 Å². The minimum Gasteiger partial charge on any atom is -1.00 e. The second-order valence-electron chi connectivity index (χ2n) is 5.87. The Balaban J connectivity index is -0.000000563. The summed E-state index contributed by atoms with van der Waals surface area (Å²) in [6.45, 7) is 13.6. The van der Waals surface area contributed by atoms with Gasteiger partial charge in [-0.1, -0.05) is 47.0 Å². The van der Waals surface area contributed by atoms with E-state index in [1.165, 1.54) is 11.1 Å². The van der Waals surface area contributed by atoms with Gasteiger partial charge in [-0.05, 0) is 5.41 Å². The van der Waals surface area contributed by atoms with E-state index < -0.39 is 0 Å². The van der Waals surface area contributed by atoms with E-state index in [1.807, 2.05) is 0 Å². The van der Waals surface area contributed by atoms with E-state index in [0.29, 0.717) is 0 Å². The van der Waals surface area contributed by atoms with Crippen molar-refractivity contribution in [3.8, 4) is 0 Å². The van der Waals surface area contributed by atoms with Gasteiger partial charge in [0.25, 0.3) is 0 Å². The smallest absolute Gasteiger partial charge is 1.00 e. The summed E-state index contributed by atoms with van der Waals surface area (Å²) in [5.41, 5.74) is 3.42. The van der Waals surface area contributed by atoms with Crippen molar-refractivity contribution in [2.24, 2.45) is 10.8 Å². The molecule has 0 amide bonds. The zero-order valence-corrected chi connectivity index (χ0v) is 15.0. The standard InChI is InChI=1S/C13H21.2ClH.Zr/c1-12(2,3)10-8-7-9-11(10)13(4,5)6;;;/h8H,7H2,1-6H3;2*1H;/q-1;;;+3/p-2. The van der Waals surface area contributed by atoms with Gasteiger partial charge in [-0.25, -0.2) is 5.57 Å². The summed E-state index contributed by atoms with van der Waals surface area (Å²) in [6.07, 6.45) is 6.80. The number of hydrogen-bond acceptors (Lipinski definition) is 0. The first-order valence-electron chi connectivity index (χ1n) is 5.05. The normalized spacial score (nSPS) is 15.1. The van der Waals surface area contributed by atoms with Gasteiger partial charge in [0.2, 0.25) is 0 Å². The first-order valence-corrected chi connectivity index (χ1v) is 5.05. The molecule has 0 unspecified atom stereocenters. The Hall–Kier alpha value is 0.943. The Labute approximate surface area is 132 Å². The Morgan fingerprint density at radius 2 is 1.38 bits per heavy atom. The molecule has 1 radical (unpaired) electrons. The summed E-state index contributed by atoms with van der Waals surface area (Å²) in [7, 11) is 0. The SMILES string of the molecule is CC(C)(C)C1=[C-]CC=C1C(C)(C)C.[Cl-].[Cl-].[Zr+3]. The van der Waals surface area contributed by atoms with Crippen molar-refractivity contribution in [1.82, 2.24) is 0 Å². The quantitative estimate of drug-likeness (QED) is 0.455. The maximum Gasteiger partial charge on any atom is 3.00 e. The van der Waals surface area contributed by atoms with Crippen LogP contribution in [0.4, 0.5) is 0 Å². The molecule has 0 fully saturated rings. The molecule has 0 aromatic rings. The van der Waals surface area contributed by atoms with Crippen molar-refractivity contribution < 1.29 is 51.0 Å². The Morgan fingerprint density at radius 1 is 0.938 bits per heavy atom. The molecule has 1 rings (SSSR count). The fourth-order valence-corrected chi connectivity index (χ4v) is 1.80. The number of halogens is 2. The monoisotopic (exact) mass is 337 g/mol. The topological polar surface area (TPSA) is 0 Å². The van der Waals surface area contributed by atoms with Gasteiger partial charge in [-0.3, -0.25) is 6.08 Å². The molecule has 0 saturated heterocycles. The number of hydrogen-bond donors (Lipinski definition) is 0. The fourth-order valence-electron chi connectivity index (χ4n) is 1.80. The average Bonchev–Trinajstić information content (AvgIpc) is 2.27. The second kappa shape index (κ2) is 7.39. The van der Waals surface area contributed by atoms with Crippen LogP contribution in [-0.2, 0) is 26.2 Å². The fraction of sp³-hybridized carbons (Fsp3) is 0.692. The molecule has 3 heteroatoms. The van der Waals surface area contributed by atoms with Crippen LogP contribution in [0.5, 0.6) is 0 Å². The van der Waals surface area contributed by atoms with Crippen molar-refractivity contribution in [3.63, 3.8) is 0 Å². The van der Waals surface area contributed by atoms with Gasteiger partial charge in [0, 0.05) is 0 Å². The molecule has 0 aliphatic heterocycles. The van der Waals surface area contributed by atoms with Crippen LogP contribution in [0.25, 0.3) is 0 Å². The summed E-state index contributed by atoms with van der Waals surface area (Å²) < 4.78 is 0. The molecular weight excluding hydrogens is 318 g/mol. The molecule has 0 atom stereocenters. The van der Waals surface area contributed by atoms with Crippen molar-refractivity contribution in [2.75, 3.05) is 0 Å². The summed E-state index contributed by atoms with van der Waals surface area (Å²) in [5, 5.41) is 0. The molecule has 0 aromatic heterocycles. The average molecular weight is 339 g/mol. The van der Waals surface area contributed by atoms with Crippen LogP contribution in [-0.4, -0.2) is 0 Å². The molecule has 16 heavy (non-hydrogen) atoms.